The van der Waals surface area contributed by atoms with Gasteiger partial charge in [-0.25, -0.2) is 4.98 Å². The SMILES string of the molecule is CCn1cnc2c1C(c1ccccc1Br)NCC2. The Morgan fingerprint density at radius 2 is 2.28 bits per heavy atom. The van der Waals surface area contributed by atoms with E-state index in [-0.39, 0.29) is 6.04 Å². The fourth-order valence-corrected chi connectivity index (χ4v) is 3.12. The average molecular weight is 306 g/mol. The molecule has 1 atom stereocenters. The molecule has 4 heteroatoms. The Morgan fingerprint density at radius 3 is 3.06 bits per heavy atom. The zero-order valence-corrected chi connectivity index (χ0v) is 11.9. The maximum absolute atomic E-state index is 4.54. The molecule has 2 aromatic rings. The van der Waals surface area contributed by atoms with Crippen molar-refractivity contribution < 1.29 is 0 Å². The molecule has 0 spiro atoms. The molecule has 3 nitrogen and oxygen atoms in total. The van der Waals surface area contributed by atoms with Gasteiger partial charge in [0.25, 0.3) is 0 Å². The van der Waals surface area contributed by atoms with Crippen LogP contribution in [0.1, 0.15) is 29.9 Å². The number of nitrogens with one attached hydrogen (secondary N) is 1. The molecule has 3 rings (SSSR count). The summed E-state index contributed by atoms with van der Waals surface area (Å²) in [6.45, 7) is 4.11. The first-order chi connectivity index (χ1) is 8.81. The average Bonchev–Trinajstić information content (AvgIpc) is 2.82. The van der Waals surface area contributed by atoms with Gasteiger partial charge in [0.1, 0.15) is 0 Å². The number of aromatic nitrogens is 2. The summed E-state index contributed by atoms with van der Waals surface area (Å²) in [4.78, 5) is 4.54. The standard InChI is InChI=1S/C14H16BrN3/c1-2-18-9-17-12-7-8-16-13(14(12)18)10-5-3-4-6-11(10)15/h3-6,9,13,16H,2,7-8H2,1H3. The summed E-state index contributed by atoms with van der Waals surface area (Å²) in [7, 11) is 0. The number of rotatable bonds is 2. The molecule has 1 aromatic heterocycles. The Balaban J connectivity index is 2.11. The quantitative estimate of drug-likeness (QED) is 0.924. The molecule has 1 N–H and O–H groups in total. The summed E-state index contributed by atoms with van der Waals surface area (Å²) in [5, 5.41) is 3.60. The first-order valence-electron chi connectivity index (χ1n) is 6.33. The van der Waals surface area contributed by atoms with Gasteiger partial charge in [-0.15, -0.1) is 0 Å². The molecule has 0 amide bonds. The van der Waals surface area contributed by atoms with Crippen LogP contribution in [-0.4, -0.2) is 16.1 Å². The number of hydrogen-bond donors (Lipinski definition) is 1. The lowest BCUT2D eigenvalue weighted by molar-refractivity contribution is 0.523. The number of nitrogens with zero attached hydrogens (tertiary/aromatic N) is 2. The number of benzene rings is 1. The van der Waals surface area contributed by atoms with Crippen LogP contribution >= 0.6 is 15.9 Å². The van der Waals surface area contributed by atoms with E-state index in [0.717, 1.165) is 24.0 Å². The first-order valence-corrected chi connectivity index (χ1v) is 7.12. The van der Waals surface area contributed by atoms with E-state index in [0.29, 0.717) is 0 Å². The smallest absolute Gasteiger partial charge is 0.0952 e. The van der Waals surface area contributed by atoms with E-state index in [1.54, 1.807) is 0 Å². The van der Waals surface area contributed by atoms with Crippen LogP contribution in [0.5, 0.6) is 0 Å². The maximum Gasteiger partial charge on any atom is 0.0952 e. The van der Waals surface area contributed by atoms with Gasteiger partial charge in [0, 0.05) is 24.0 Å². The van der Waals surface area contributed by atoms with Gasteiger partial charge in [-0.3, -0.25) is 0 Å². The summed E-state index contributed by atoms with van der Waals surface area (Å²) in [6, 6.07) is 8.64. The molecule has 94 valence electrons. The summed E-state index contributed by atoms with van der Waals surface area (Å²) >= 11 is 3.65. The Morgan fingerprint density at radius 1 is 1.44 bits per heavy atom. The van der Waals surface area contributed by atoms with E-state index < -0.39 is 0 Å². The van der Waals surface area contributed by atoms with Gasteiger partial charge < -0.3 is 9.88 Å². The molecular formula is C14H16BrN3. The van der Waals surface area contributed by atoms with Gasteiger partial charge in [-0.2, -0.15) is 0 Å². The van der Waals surface area contributed by atoms with Gasteiger partial charge in [-0.05, 0) is 18.6 Å². The zero-order chi connectivity index (χ0) is 12.5. The van der Waals surface area contributed by atoms with Crippen molar-refractivity contribution in [2.75, 3.05) is 6.54 Å². The minimum absolute atomic E-state index is 0.242. The van der Waals surface area contributed by atoms with Gasteiger partial charge in [0.2, 0.25) is 0 Å². The highest BCUT2D eigenvalue weighted by molar-refractivity contribution is 9.10. The van der Waals surface area contributed by atoms with E-state index >= 15 is 0 Å². The largest absolute Gasteiger partial charge is 0.333 e. The van der Waals surface area contributed by atoms with Crippen LogP contribution in [0.15, 0.2) is 35.1 Å². The topological polar surface area (TPSA) is 29.9 Å². The summed E-state index contributed by atoms with van der Waals surface area (Å²) in [5.74, 6) is 0. The van der Waals surface area contributed by atoms with Crippen LogP contribution in [0.3, 0.4) is 0 Å². The highest BCUT2D eigenvalue weighted by Crippen LogP contribution is 2.32. The number of imidazole rings is 1. The van der Waals surface area contributed by atoms with Crippen molar-refractivity contribution in [2.45, 2.75) is 25.9 Å². The van der Waals surface area contributed by atoms with E-state index in [1.165, 1.54) is 17.0 Å². The summed E-state index contributed by atoms with van der Waals surface area (Å²) in [5.41, 5.74) is 3.83. The van der Waals surface area contributed by atoms with E-state index in [9.17, 15) is 0 Å². The molecule has 0 saturated carbocycles. The molecule has 0 aliphatic carbocycles. The van der Waals surface area contributed by atoms with Gasteiger partial charge in [0.15, 0.2) is 0 Å². The molecule has 0 bridgehead atoms. The second-order valence-corrected chi connectivity index (χ2v) is 5.38. The molecule has 1 aromatic carbocycles. The monoisotopic (exact) mass is 305 g/mol. The highest BCUT2D eigenvalue weighted by Gasteiger charge is 2.26. The van der Waals surface area contributed by atoms with Crippen LogP contribution in [0, 0.1) is 0 Å². The predicted molar refractivity (Wildman–Crippen MR) is 75.6 cm³/mol. The van der Waals surface area contributed by atoms with Crippen LogP contribution in [0.4, 0.5) is 0 Å². The molecule has 1 unspecified atom stereocenters. The van der Waals surface area contributed by atoms with Crippen LogP contribution in [-0.2, 0) is 13.0 Å². The van der Waals surface area contributed by atoms with Crippen molar-refractivity contribution in [2.24, 2.45) is 0 Å². The van der Waals surface area contributed by atoms with Crippen molar-refractivity contribution in [1.29, 1.82) is 0 Å². The number of hydrogen-bond acceptors (Lipinski definition) is 2. The lowest BCUT2D eigenvalue weighted by atomic mass is 9.97. The third-order valence-electron chi connectivity index (χ3n) is 3.50. The molecule has 0 saturated heterocycles. The van der Waals surface area contributed by atoms with E-state index in [4.69, 9.17) is 0 Å². The van der Waals surface area contributed by atoms with Crippen LogP contribution < -0.4 is 5.32 Å². The first kappa shape index (κ1) is 11.9. The summed E-state index contributed by atoms with van der Waals surface area (Å²) in [6.07, 6.45) is 2.98. The minimum atomic E-state index is 0.242. The fraction of sp³-hybridized carbons (Fsp3) is 0.357. The Bertz CT molecular complexity index is 548. The van der Waals surface area contributed by atoms with E-state index in [2.05, 4.69) is 62.0 Å². The summed E-state index contributed by atoms with van der Waals surface area (Å²) < 4.78 is 3.39. The van der Waals surface area contributed by atoms with Crippen molar-refractivity contribution in [3.63, 3.8) is 0 Å². The predicted octanol–water partition coefficient (Wildman–Crippen LogP) is 2.90. The van der Waals surface area contributed by atoms with Gasteiger partial charge >= 0.3 is 0 Å². The second kappa shape index (κ2) is 4.86. The van der Waals surface area contributed by atoms with Crippen LogP contribution in [0.25, 0.3) is 0 Å². The van der Waals surface area contributed by atoms with Gasteiger partial charge in [0.05, 0.1) is 23.8 Å². The fourth-order valence-electron chi connectivity index (χ4n) is 2.61. The zero-order valence-electron chi connectivity index (χ0n) is 10.4. The van der Waals surface area contributed by atoms with Crippen molar-refractivity contribution >= 4 is 15.9 Å². The Kier molecular flexibility index (Phi) is 3.22. The lowest BCUT2D eigenvalue weighted by Gasteiger charge is -2.26. The van der Waals surface area contributed by atoms with Crippen molar-refractivity contribution in [3.05, 3.63) is 52.0 Å². The molecule has 18 heavy (non-hydrogen) atoms. The third-order valence-corrected chi connectivity index (χ3v) is 4.22. The molecule has 0 radical (unpaired) electrons. The third kappa shape index (κ3) is 1.89. The molecule has 2 heterocycles. The number of aryl methyl sites for hydroxylation is 1. The Labute approximate surface area is 115 Å². The molecular weight excluding hydrogens is 290 g/mol. The van der Waals surface area contributed by atoms with Crippen LogP contribution in [0.2, 0.25) is 0 Å². The van der Waals surface area contributed by atoms with E-state index in [1.807, 2.05) is 6.33 Å². The lowest BCUT2D eigenvalue weighted by Crippen LogP contribution is -2.32. The number of halogens is 1. The van der Waals surface area contributed by atoms with Gasteiger partial charge in [-0.1, -0.05) is 34.1 Å². The normalized spacial score (nSPS) is 18.7. The number of fused-ring (bicyclic) bond motifs is 1. The molecule has 1 aliphatic heterocycles. The molecule has 0 fully saturated rings. The maximum atomic E-state index is 4.54. The minimum Gasteiger partial charge on any atom is -0.333 e. The van der Waals surface area contributed by atoms with Crippen molar-refractivity contribution in [1.82, 2.24) is 14.9 Å². The van der Waals surface area contributed by atoms with Crippen molar-refractivity contribution in [3.8, 4) is 0 Å². The molecule has 1 aliphatic rings. The highest BCUT2D eigenvalue weighted by atomic mass is 79.9. The second-order valence-electron chi connectivity index (χ2n) is 4.52. The Hall–Kier alpha value is -1.13.